The molecule has 0 unspecified atom stereocenters. The number of methoxy groups -OCH3 is 2. The molecule has 0 aliphatic carbocycles. The first-order valence-electron chi connectivity index (χ1n) is 9.12. The summed E-state index contributed by atoms with van der Waals surface area (Å²) in [4.78, 5) is 16.9. The molecule has 27 heavy (non-hydrogen) atoms. The van der Waals surface area contributed by atoms with E-state index in [1.165, 1.54) is 16.8 Å². The highest BCUT2D eigenvalue weighted by Gasteiger charge is 2.23. The van der Waals surface area contributed by atoms with Gasteiger partial charge in [0.05, 0.1) is 19.9 Å². The van der Waals surface area contributed by atoms with Crippen LogP contribution in [0.1, 0.15) is 11.1 Å². The molecular weight excluding hydrogens is 342 g/mol. The number of carbonyl (C=O) groups is 1. The molecule has 1 aliphatic heterocycles. The third-order valence-corrected chi connectivity index (χ3v) is 4.97. The number of anilines is 2. The Kier molecular flexibility index (Phi) is 5.74. The number of aryl methyl sites for hydroxylation is 2. The SMILES string of the molecule is COc1ccc(NC(=O)N2CCN(c3c(C)cccc3C)CC2)c(OC)c1. The molecule has 0 bridgehead atoms. The second-order valence-electron chi connectivity index (χ2n) is 6.71. The topological polar surface area (TPSA) is 54.0 Å². The van der Waals surface area contributed by atoms with Gasteiger partial charge in [0, 0.05) is 37.9 Å². The molecule has 0 atom stereocenters. The number of carbonyl (C=O) groups excluding carboxylic acids is 1. The third kappa shape index (κ3) is 4.10. The summed E-state index contributed by atoms with van der Waals surface area (Å²) in [6.45, 7) is 7.27. The largest absolute Gasteiger partial charge is 0.497 e. The molecule has 1 N–H and O–H groups in total. The average Bonchev–Trinajstić information content (AvgIpc) is 2.68. The van der Waals surface area contributed by atoms with Crippen molar-refractivity contribution in [3.05, 3.63) is 47.5 Å². The maximum Gasteiger partial charge on any atom is 0.322 e. The Bertz CT molecular complexity index is 794. The zero-order valence-electron chi connectivity index (χ0n) is 16.4. The Labute approximate surface area is 160 Å². The van der Waals surface area contributed by atoms with Crippen LogP contribution in [0.2, 0.25) is 0 Å². The maximum absolute atomic E-state index is 12.7. The van der Waals surface area contributed by atoms with Crippen LogP contribution in [0.5, 0.6) is 11.5 Å². The molecule has 6 heteroatoms. The van der Waals surface area contributed by atoms with E-state index >= 15 is 0 Å². The van der Waals surface area contributed by atoms with Gasteiger partial charge in [-0.15, -0.1) is 0 Å². The summed E-state index contributed by atoms with van der Waals surface area (Å²) in [5, 5.41) is 2.95. The van der Waals surface area contributed by atoms with E-state index in [0.29, 0.717) is 30.3 Å². The summed E-state index contributed by atoms with van der Waals surface area (Å²) in [5.41, 5.74) is 4.47. The van der Waals surface area contributed by atoms with Gasteiger partial charge < -0.3 is 24.6 Å². The standard InChI is InChI=1S/C21H27N3O3/c1-15-6-5-7-16(2)20(15)23-10-12-24(13-11-23)21(25)22-18-9-8-17(26-3)14-19(18)27-4/h5-9,14H,10-13H2,1-4H3,(H,22,25). The lowest BCUT2D eigenvalue weighted by Crippen LogP contribution is -2.50. The molecule has 0 saturated carbocycles. The summed E-state index contributed by atoms with van der Waals surface area (Å²) < 4.78 is 10.6. The predicted octanol–water partition coefficient (Wildman–Crippen LogP) is 3.67. The monoisotopic (exact) mass is 369 g/mol. The number of nitrogens with zero attached hydrogens (tertiary/aromatic N) is 2. The normalized spacial score (nSPS) is 14.1. The van der Waals surface area contributed by atoms with Gasteiger partial charge >= 0.3 is 6.03 Å². The van der Waals surface area contributed by atoms with Crippen LogP contribution in [0.25, 0.3) is 0 Å². The van der Waals surface area contributed by atoms with Crippen molar-refractivity contribution >= 4 is 17.4 Å². The number of nitrogens with one attached hydrogen (secondary N) is 1. The van der Waals surface area contributed by atoms with Gasteiger partial charge in [-0.2, -0.15) is 0 Å². The number of benzene rings is 2. The molecule has 0 aromatic heterocycles. The van der Waals surface area contributed by atoms with Crippen LogP contribution in [0.3, 0.4) is 0 Å². The quantitative estimate of drug-likeness (QED) is 0.893. The van der Waals surface area contributed by atoms with E-state index in [9.17, 15) is 4.79 Å². The molecule has 2 amide bonds. The second kappa shape index (κ2) is 8.20. The van der Waals surface area contributed by atoms with Crippen molar-refractivity contribution in [3.8, 4) is 11.5 Å². The Morgan fingerprint density at radius 3 is 2.22 bits per heavy atom. The number of hydrogen-bond donors (Lipinski definition) is 1. The zero-order valence-corrected chi connectivity index (χ0v) is 16.4. The minimum Gasteiger partial charge on any atom is -0.497 e. The second-order valence-corrected chi connectivity index (χ2v) is 6.71. The van der Waals surface area contributed by atoms with Gasteiger partial charge in [0.1, 0.15) is 11.5 Å². The smallest absolute Gasteiger partial charge is 0.322 e. The average molecular weight is 369 g/mol. The molecule has 6 nitrogen and oxygen atoms in total. The van der Waals surface area contributed by atoms with Crippen molar-refractivity contribution in [3.63, 3.8) is 0 Å². The fraction of sp³-hybridized carbons (Fsp3) is 0.381. The van der Waals surface area contributed by atoms with Gasteiger partial charge in [-0.3, -0.25) is 0 Å². The van der Waals surface area contributed by atoms with E-state index in [4.69, 9.17) is 9.47 Å². The molecule has 2 aromatic rings. The number of rotatable bonds is 4. The van der Waals surface area contributed by atoms with E-state index in [-0.39, 0.29) is 6.03 Å². The zero-order chi connectivity index (χ0) is 19.4. The fourth-order valence-corrected chi connectivity index (χ4v) is 3.53. The van der Waals surface area contributed by atoms with E-state index in [1.54, 1.807) is 32.4 Å². The van der Waals surface area contributed by atoms with Crippen LogP contribution in [-0.2, 0) is 0 Å². The summed E-state index contributed by atoms with van der Waals surface area (Å²) in [6, 6.07) is 11.6. The van der Waals surface area contributed by atoms with Crippen molar-refractivity contribution < 1.29 is 14.3 Å². The third-order valence-electron chi connectivity index (χ3n) is 4.97. The molecule has 1 fully saturated rings. The first kappa shape index (κ1) is 18.9. The van der Waals surface area contributed by atoms with Gasteiger partial charge in [0.15, 0.2) is 0 Å². The van der Waals surface area contributed by atoms with Crippen LogP contribution in [0.4, 0.5) is 16.2 Å². The first-order chi connectivity index (χ1) is 13.0. The maximum atomic E-state index is 12.7. The van der Waals surface area contributed by atoms with Gasteiger partial charge in [0.2, 0.25) is 0 Å². The Hall–Kier alpha value is -2.89. The van der Waals surface area contributed by atoms with Crippen molar-refractivity contribution in [1.29, 1.82) is 0 Å². The van der Waals surface area contributed by atoms with Crippen molar-refractivity contribution in [2.45, 2.75) is 13.8 Å². The lowest BCUT2D eigenvalue weighted by Gasteiger charge is -2.37. The highest BCUT2D eigenvalue weighted by Crippen LogP contribution is 2.30. The van der Waals surface area contributed by atoms with Crippen LogP contribution in [0, 0.1) is 13.8 Å². The summed E-state index contributed by atoms with van der Waals surface area (Å²) in [7, 11) is 3.18. The minimum absolute atomic E-state index is 0.111. The van der Waals surface area contributed by atoms with Crippen LogP contribution in [0.15, 0.2) is 36.4 Å². The van der Waals surface area contributed by atoms with E-state index in [2.05, 4.69) is 42.3 Å². The number of urea groups is 1. The molecule has 1 saturated heterocycles. The van der Waals surface area contributed by atoms with Crippen molar-refractivity contribution in [2.75, 3.05) is 50.6 Å². The summed E-state index contributed by atoms with van der Waals surface area (Å²) >= 11 is 0. The predicted molar refractivity (Wildman–Crippen MR) is 108 cm³/mol. The molecule has 2 aromatic carbocycles. The fourth-order valence-electron chi connectivity index (χ4n) is 3.53. The van der Waals surface area contributed by atoms with Gasteiger partial charge in [-0.1, -0.05) is 18.2 Å². The molecule has 1 heterocycles. The Balaban J connectivity index is 1.64. The highest BCUT2D eigenvalue weighted by molar-refractivity contribution is 5.91. The van der Waals surface area contributed by atoms with Gasteiger partial charge in [-0.05, 0) is 37.1 Å². The summed E-state index contributed by atoms with van der Waals surface area (Å²) in [5.74, 6) is 1.27. The van der Waals surface area contributed by atoms with E-state index < -0.39 is 0 Å². The van der Waals surface area contributed by atoms with Crippen molar-refractivity contribution in [1.82, 2.24) is 4.90 Å². The number of piperazine rings is 1. The highest BCUT2D eigenvalue weighted by atomic mass is 16.5. The van der Waals surface area contributed by atoms with Crippen LogP contribution >= 0.6 is 0 Å². The van der Waals surface area contributed by atoms with Crippen molar-refractivity contribution in [2.24, 2.45) is 0 Å². The molecule has 1 aliphatic rings. The molecule has 0 spiro atoms. The molecule has 0 radical (unpaired) electrons. The number of para-hydroxylation sites is 1. The van der Waals surface area contributed by atoms with Crippen LogP contribution in [-0.4, -0.2) is 51.3 Å². The molecule has 144 valence electrons. The number of amides is 2. The van der Waals surface area contributed by atoms with E-state index in [1.807, 2.05) is 4.90 Å². The van der Waals surface area contributed by atoms with E-state index in [0.717, 1.165) is 13.1 Å². The number of ether oxygens (including phenoxy) is 2. The summed E-state index contributed by atoms with van der Waals surface area (Å²) in [6.07, 6.45) is 0. The Morgan fingerprint density at radius 2 is 1.63 bits per heavy atom. The number of hydrogen-bond acceptors (Lipinski definition) is 4. The molecular formula is C21H27N3O3. The lowest BCUT2D eigenvalue weighted by atomic mass is 10.1. The van der Waals surface area contributed by atoms with Crippen LogP contribution < -0.4 is 19.7 Å². The lowest BCUT2D eigenvalue weighted by molar-refractivity contribution is 0.208. The Morgan fingerprint density at radius 1 is 0.963 bits per heavy atom. The minimum atomic E-state index is -0.111. The van der Waals surface area contributed by atoms with Gasteiger partial charge in [-0.25, -0.2) is 4.79 Å². The molecule has 3 rings (SSSR count). The van der Waals surface area contributed by atoms with Gasteiger partial charge in [0.25, 0.3) is 0 Å². The first-order valence-corrected chi connectivity index (χ1v) is 9.12.